The van der Waals surface area contributed by atoms with E-state index in [1.54, 1.807) is 39.0 Å². The summed E-state index contributed by atoms with van der Waals surface area (Å²) in [5, 5.41) is 0.577. The molecule has 1 saturated carbocycles. The molecule has 0 amide bonds. The van der Waals surface area contributed by atoms with Crippen LogP contribution in [0.4, 0.5) is 10.1 Å². The van der Waals surface area contributed by atoms with Crippen molar-refractivity contribution >= 4 is 26.6 Å². The van der Waals surface area contributed by atoms with E-state index >= 15 is 0 Å². The number of fused-ring (bicyclic) bond motifs is 1. The van der Waals surface area contributed by atoms with Crippen LogP contribution in [0.1, 0.15) is 43.4 Å². The first kappa shape index (κ1) is 25.0. The van der Waals surface area contributed by atoms with Crippen molar-refractivity contribution in [2.24, 2.45) is 0 Å². The lowest BCUT2D eigenvalue weighted by atomic mass is 9.97. The van der Waals surface area contributed by atoms with Crippen LogP contribution in [0.2, 0.25) is 0 Å². The number of ether oxygens (including phenoxy) is 1. The van der Waals surface area contributed by atoms with Crippen LogP contribution in [0.5, 0.6) is 11.5 Å². The van der Waals surface area contributed by atoms with E-state index in [0.717, 1.165) is 12.8 Å². The number of halogens is 1. The van der Waals surface area contributed by atoms with Crippen LogP contribution in [0.3, 0.4) is 0 Å². The molecule has 8 heteroatoms. The van der Waals surface area contributed by atoms with Gasteiger partial charge >= 0.3 is 0 Å². The Balaban J connectivity index is 1.77. The summed E-state index contributed by atoms with van der Waals surface area (Å²) in [6, 6.07) is 15.2. The van der Waals surface area contributed by atoms with Crippen molar-refractivity contribution in [1.82, 2.24) is 4.57 Å². The summed E-state index contributed by atoms with van der Waals surface area (Å²) < 4.78 is 49.5. The molecule has 0 bridgehead atoms. The van der Waals surface area contributed by atoms with E-state index in [1.807, 2.05) is 35.0 Å². The van der Waals surface area contributed by atoms with Gasteiger partial charge in [0, 0.05) is 17.1 Å². The molecular weight excluding hydrogens is 491 g/mol. The topological polar surface area (TPSA) is 77.4 Å². The molecule has 1 aliphatic rings. The molecule has 4 aromatic rings. The minimum absolute atomic E-state index is 0.00221. The van der Waals surface area contributed by atoms with Crippen molar-refractivity contribution in [2.45, 2.75) is 46.0 Å². The summed E-state index contributed by atoms with van der Waals surface area (Å²) in [6.45, 7) is 7.20. The Morgan fingerprint density at radius 3 is 2.38 bits per heavy atom. The number of anilines is 1. The molecule has 0 aliphatic heterocycles. The normalized spacial score (nSPS) is 14.5. The Bertz CT molecular complexity index is 1680. The third-order valence-electron chi connectivity index (χ3n) is 7.07. The van der Waals surface area contributed by atoms with Gasteiger partial charge in [0.2, 0.25) is 10.0 Å². The van der Waals surface area contributed by atoms with Crippen molar-refractivity contribution in [3.63, 3.8) is 0 Å². The largest absolute Gasteiger partial charge is 0.455 e. The monoisotopic (exact) mass is 520 g/mol. The fourth-order valence-electron chi connectivity index (χ4n) is 4.64. The summed E-state index contributed by atoms with van der Waals surface area (Å²) in [5.74, 6) is 0.542. The molecule has 0 atom stereocenters. The van der Waals surface area contributed by atoms with Crippen LogP contribution in [0.25, 0.3) is 16.6 Å². The molecule has 0 unspecified atom stereocenters. The predicted octanol–water partition coefficient (Wildman–Crippen LogP) is 6.35. The Labute approximate surface area is 215 Å². The fraction of sp³-hybridized carbons (Fsp3) is 0.276. The second-order valence-electron chi connectivity index (χ2n) is 9.98. The van der Waals surface area contributed by atoms with E-state index in [0.29, 0.717) is 50.5 Å². The number of hydrogen-bond acceptors (Lipinski definition) is 4. The Morgan fingerprint density at radius 2 is 1.73 bits per heavy atom. The molecule has 6 nitrogen and oxygen atoms in total. The summed E-state index contributed by atoms with van der Waals surface area (Å²) in [5.41, 5.74) is 3.39. The predicted molar refractivity (Wildman–Crippen MR) is 145 cm³/mol. The van der Waals surface area contributed by atoms with Crippen molar-refractivity contribution in [3.8, 4) is 17.2 Å². The van der Waals surface area contributed by atoms with Gasteiger partial charge in [-0.05, 0) is 92.6 Å². The maximum atomic E-state index is 14.0. The molecule has 1 heterocycles. The molecule has 0 spiro atoms. The average molecular weight is 521 g/mol. The highest BCUT2D eigenvalue weighted by atomic mass is 32.2. The summed E-state index contributed by atoms with van der Waals surface area (Å²) in [4.78, 5) is 13.4. The number of nitrogens with zero attached hydrogens (tertiary/aromatic N) is 1. The number of benzene rings is 3. The average Bonchev–Trinajstić information content (AvgIpc) is 3.60. The molecular formula is C29H29FN2O4S. The lowest BCUT2D eigenvalue weighted by Crippen LogP contribution is -2.20. The number of aromatic nitrogens is 1. The molecule has 5 rings (SSSR count). The third-order valence-corrected chi connectivity index (χ3v) is 8.38. The Kier molecular flexibility index (Phi) is 6.10. The number of nitrogens with one attached hydrogen (secondary N) is 1. The van der Waals surface area contributed by atoms with Crippen LogP contribution < -0.4 is 14.9 Å². The smallest absolute Gasteiger partial charge is 0.232 e. The summed E-state index contributed by atoms with van der Waals surface area (Å²) in [6.07, 6.45) is 3.70. The van der Waals surface area contributed by atoms with Crippen LogP contribution in [0, 0.1) is 19.7 Å². The highest BCUT2D eigenvalue weighted by molar-refractivity contribution is 7.92. The number of pyridine rings is 1. The highest BCUT2D eigenvalue weighted by Crippen LogP contribution is 2.47. The van der Waals surface area contributed by atoms with E-state index in [4.69, 9.17) is 4.74 Å². The summed E-state index contributed by atoms with van der Waals surface area (Å²) >= 11 is 0. The zero-order chi connectivity index (χ0) is 26.5. The van der Waals surface area contributed by atoms with E-state index < -0.39 is 10.0 Å². The van der Waals surface area contributed by atoms with Gasteiger partial charge in [-0.25, -0.2) is 12.8 Å². The zero-order valence-electron chi connectivity index (χ0n) is 21.3. The van der Waals surface area contributed by atoms with Crippen LogP contribution in [-0.4, -0.2) is 18.7 Å². The van der Waals surface area contributed by atoms with Gasteiger partial charge in [0.1, 0.15) is 11.6 Å². The fourth-order valence-corrected chi connectivity index (χ4v) is 5.27. The SMILES string of the molecule is CCS(=O)(=O)Nc1ccc(Oc2c(C)cc(F)cc2C)c(-n2cc(C3(C)CC3)c(=O)c3ccccc32)c1. The number of aryl methyl sites for hydroxylation is 2. The summed E-state index contributed by atoms with van der Waals surface area (Å²) in [7, 11) is -3.52. The lowest BCUT2D eigenvalue weighted by molar-refractivity contribution is 0.470. The molecule has 3 aromatic carbocycles. The first-order valence-electron chi connectivity index (χ1n) is 12.3. The molecule has 192 valence electrons. The van der Waals surface area contributed by atoms with E-state index in [9.17, 15) is 17.6 Å². The maximum absolute atomic E-state index is 14.0. The van der Waals surface area contributed by atoms with Gasteiger partial charge in [-0.15, -0.1) is 0 Å². The molecule has 1 fully saturated rings. The van der Waals surface area contributed by atoms with Gasteiger partial charge in [0.15, 0.2) is 11.2 Å². The number of rotatable bonds is 7. The van der Waals surface area contributed by atoms with Gasteiger partial charge < -0.3 is 9.30 Å². The molecule has 1 aliphatic carbocycles. The molecule has 37 heavy (non-hydrogen) atoms. The minimum atomic E-state index is -3.52. The standard InChI is InChI=1S/C29H29FN2O4S/c1-5-37(34,35)31-21-10-11-26(36-28-18(2)14-20(30)15-19(28)3)25(16-21)32-17-23(29(4)12-13-29)27(33)22-8-6-7-9-24(22)32/h6-11,14-17,31H,5,12-13H2,1-4H3. The van der Waals surface area contributed by atoms with Crippen molar-refractivity contribution < 1.29 is 17.5 Å². The van der Waals surface area contributed by atoms with Gasteiger partial charge in [0.05, 0.1) is 22.6 Å². The Hall–Kier alpha value is -3.65. The molecule has 0 saturated heterocycles. The number of hydrogen-bond donors (Lipinski definition) is 1. The third kappa shape index (κ3) is 4.73. The maximum Gasteiger partial charge on any atom is 0.232 e. The molecule has 1 N–H and O–H groups in total. The van der Waals surface area contributed by atoms with E-state index in [2.05, 4.69) is 11.6 Å². The highest BCUT2D eigenvalue weighted by Gasteiger charge is 2.41. The molecule has 0 radical (unpaired) electrons. The first-order chi connectivity index (χ1) is 17.5. The second-order valence-corrected chi connectivity index (χ2v) is 12.0. The second kappa shape index (κ2) is 9.03. The van der Waals surface area contributed by atoms with Gasteiger partial charge in [-0.3, -0.25) is 9.52 Å². The van der Waals surface area contributed by atoms with Crippen LogP contribution >= 0.6 is 0 Å². The molecule has 1 aromatic heterocycles. The minimum Gasteiger partial charge on any atom is -0.455 e. The van der Waals surface area contributed by atoms with Crippen molar-refractivity contribution in [3.05, 3.63) is 93.5 Å². The number of para-hydroxylation sites is 1. The van der Waals surface area contributed by atoms with Gasteiger partial charge in [-0.2, -0.15) is 0 Å². The zero-order valence-corrected chi connectivity index (χ0v) is 22.1. The van der Waals surface area contributed by atoms with E-state index in [-0.39, 0.29) is 22.4 Å². The Morgan fingerprint density at radius 1 is 1.05 bits per heavy atom. The number of sulfonamides is 1. The van der Waals surface area contributed by atoms with Gasteiger partial charge in [0.25, 0.3) is 0 Å². The lowest BCUT2D eigenvalue weighted by Gasteiger charge is -2.21. The van der Waals surface area contributed by atoms with Crippen molar-refractivity contribution in [1.29, 1.82) is 0 Å². The van der Waals surface area contributed by atoms with E-state index in [1.165, 1.54) is 12.1 Å². The van der Waals surface area contributed by atoms with Crippen molar-refractivity contribution in [2.75, 3.05) is 10.5 Å². The van der Waals surface area contributed by atoms with Crippen LogP contribution in [-0.2, 0) is 15.4 Å². The first-order valence-corrected chi connectivity index (χ1v) is 13.9. The van der Waals surface area contributed by atoms with Crippen LogP contribution in [0.15, 0.2) is 65.6 Å². The van der Waals surface area contributed by atoms with Gasteiger partial charge in [-0.1, -0.05) is 19.1 Å². The quantitative estimate of drug-likeness (QED) is 0.308.